The zero-order chi connectivity index (χ0) is 24.2. The number of phenols is 1. The Labute approximate surface area is 213 Å². The number of aliphatic hydroxyl groups is 1. The Bertz CT molecular complexity index is 980. The molecule has 34 heavy (non-hydrogen) atoms. The highest BCUT2D eigenvalue weighted by Crippen LogP contribution is 2.59. The molecule has 1 aromatic carbocycles. The van der Waals surface area contributed by atoms with E-state index in [2.05, 4.69) is 0 Å². The van der Waals surface area contributed by atoms with E-state index in [1.165, 1.54) is 12.0 Å². The number of hydrogen-bond donors (Lipinski definition) is 2. The molecule has 0 radical (unpaired) electrons. The van der Waals surface area contributed by atoms with Crippen LogP contribution in [0.1, 0.15) is 56.6 Å². The number of carbonyl (C=O) groups excluding carboxylic acids is 2. The van der Waals surface area contributed by atoms with Crippen molar-refractivity contribution < 1.29 is 34.0 Å². The van der Waals surface area contributed by atoms with Crippen molar-refractivity contribution in [3.05, 3.63) is 21.3 Å². The number of halogens is 1. The molecule has 4 aliphatic rings. The summed E-state index contributed by atoms with van der Waals surface area (Å²) < 4.78 is 17.7. The van der Waals surface area contributed by atoms with Crippen molar-refractivity contribution >= 4 is 34.4 Å². The second kappa shape index (κ2) is 9.22. The van der Waals surface area contributed by atoms with Crippen LogP contribution in [0.3, 0.4) is 0 Å². The number of amides is 2. The second-order valence-electron chi connectivity index (χ2n) is 10.1. The third kappa shape index (κ3) is 3.74. The minimum atomic E-state index is -1.57. The number of fused-ring (bicyclic) bond motifs is 3. The van der Waals surface area contributed by atoms with E-state index >= 15 is 0 Å². The molecule has 0 aromatic heterocycles. The third-order valence-corrected chi connectivity index (χ3v) is 9.17. The van der Waals surface area contributed by atoms with Crippen LogP contribution in [0.5, 0.6) is 11.5 Å². The Morgan fingerprint density at radius 2 is 1.88 bits per heavy atom. The zero-order valence-electron chi connectivity index (χ0n) is 19.5. The van der Waals surface area contributed by atoms with Crippen molar-refractivity contribution in [2.24, 2.45) is 23.7 Å². The average Bonchev–Trinajstić information content (AvgIpc) is 3.31. The Morgan fingerprint density at radius 3 is 2.56 bits per heavy atom. The Kier molecular flexibility index (Phi) is 6.58. The maximum atomic E-state index is 13.7. The van der Waals surface area contributed by atoms with Gasteiger partial charge in [0.15, 0.2) is 17.3 Å². The molecular formula is C25H32INO7. The number of phenolic OH excluding ortho intramolecular Hbond substituents is 1. The van der Waals surface area contributed by atoms with Crippen LogP contribution in [0.2, 0.25) is 0 Å². The van der Waals surface area contributed by atoms with Crippen LogP contribution in [-0.4, -0.2) is 59.6 Å². The highest BCUT2D eigenvalue weighted by molar-refractivity contribution is 14.1. The molecule has 0 bridgehead atoms. The molecule has 0 spiro atoms. The molecule has 1 aromatic rings. The van der Waals surface area contributed by atoms with E-state index in [0.29, 0.717) is 22.2 Å². The Balaban J connectivity index is 1.50. The van der Waals surface area contributed by atoms with Crippen LogP contribution >= 0.6 is 22.6 Å². The highest BCUT2D eigenvalue weighted by Gasteiger charge is 2.67. The molecule has 5 rings (SSSR count). The summed E-state index contributed by atoms with van der Waals surface area (Å²) in [6.45, 7) is 0.240. The zero-order valence-corrected chi connectivity index (χ0v) is 21.7. The van der Waals surface area contributed by atoms with Gasteiger partial charge >= 0.3 is 0 Å². The number of methoxy groups -OCH3 is 2. The van der Waals surface area contributed by atoms with Crippen LogP contribution in [0.15, 0.2) is 12.1 Å². The predicted molar refractivity (Wildman–Crippen MR) is 130 cm³/mol. The number of aromatic hydroxyl groups is 1. The van der Waals surface area contributed by atoms with Crippen LogP contribution in [0.25, 0.3) is 0 Å². The third-order valence-electron chi connectivity index (χ3n) is 8.35. The lowest BCUT2D eigenvalue weighted by molar-refractivity contribution is -0.275. The predicted octanol–water partition coefficient (Wildman–Crippen LogP) is 3.37. The Morgan fingerprint density at radius 1 is 1.15 bits per heavy atom. The van der Waals surface area contributed by atoms with Gasteiger partial charge in [-0.05, 0) is 66.0 Å². The number of carbonyl (C=O) groups is 2. The normalized spacial score (nSPS) is 36.0. The highest BCUT2D eigenvalue weighted by atomic mass is 127. The van der Waals surface area contributed by atoms with Gasteiger partial charge in [-0.25, -0.2) is 0 Å². The molecule has 2 aliphatic heterocycles. The molecule has 2 amide bonds. The van der Waals surface area contributed by atoms with Gasteiger partial charge in [0.05, 0.1) is 35.2 Å². The molecule has 4 fully saturated rings. The van der Waals surface area contributed by atoms with Gasteiger partial charge in [-0.2, -0.15) is 0 Å². The molecule has 9 heteroatoms. The first-order valence-electron chi connectivity index (χ1n) is 12.1. The number of imide groups is 1. The number of hydrogen-bond acceptors (Lipinski definition) is 7. The summed E-state index contributed by atoms with van der Waals surface area (Å²) >= 11 is 2.03. The van der Waals surface area contributed by atoms with Gasteiger partial charge in [0.2, 0.25) is 11.8 Å². The summed E-state index contributed by atoms with van der Waals surface area (Å²) in [6.07, 6.45) is 5.19. The number of rotatable bonds is 5. The molecule has 8 nitrogen and oxygen atoms in total. The van der Waals surface area contributed by atoms with Crippen molar-refractivity contribution in [1.82, 2.24) is 4.90 Å². The lowest BCUT2D eigenvalue weighted by Gasteiger charge is -2.44. The maximum Gasteiger partial charge on any atom is 0.233 e. The quantitative estimate of drug-likeness (QED) is 0.404. The number of ether oxygens (including phenoxy) is 3. The fourth-order valence-electron chi connectivity index (χ4n) is 6.74. The number of benzene rings is 1. The van der Waals surface area contributed by atoms with Crippen LogP contribution in [-0.2, 0) is 19.1 Å². The summed E-state index contributed by atoms with van der Waals surface area (Å²) in [5.41, 5.74) is 0.760. The van der Waals surface area contributed by atoms with E-state index < -0.39 is 35.6 Å². The first-order chi connectivity index (χ1) is 16.3. The summed E-state index contributed by atoms with van der Waals surface area (Å²) in [6, 6.07) is 3.49. The topological polar surface area (TPSA) is 106 Å². The first kappa shape index (κ1) is 24.3. The summed E-state index contributed by atoms with van der Waals surface area (Å²) in [5.74, 6) is -3.40. The molecule has 186 valence electrons. The lowest BCUT2D eigenvalue weighted by Crippen LogP contribution is -2.54. The molecule has 0 unspecified atom stereocenters. The van der Waals surface area contributed by atoms with Gasteiger partial charge < -0.3 is 24.4 Å². The SMILES string of the molecule is COC[C@H]1C[C@@H]2C(=O)N(C3CCCCC3)C(=O)[C@@H]2[C@@H]2C[C@@H](c3cc(I)c(O)c(OC)c3)O[C@]12O. The fraction of sp³-hybridized carbons (Fsp3) is 0.680. The van der Waals surface area contributed by atoms with E-state index in [0.717, 1.165) is 37.7 Å². The molecule has 2 N–H and O–H groups in total. The molecule has 2 heterocycles. The molecule has 2 saturated heterocycles. The summed E-state index contributed by atoms with van der Waals surface area (Å²) in [7, 11) is 3.06. The van der Waals surface area contributed by atoms with E-state index in [-0.39, 0.29) is 30.2 Å². The van der Waals surface area contributed by atoms with Gasteiger partial charge in [0, 0.05) is 25.0 Å². The molecule has 2 aliphatic carbocycles. The van der Waals surface area contributed by atoms with E-state index in [1.54, 1.807) is 13.2 Å². The first-order valence-corrected chi connectivity index (χ1v) is 13.2. The minimum absolute atomic E-state index is 0.0330. The minimum Gasteiger partial charge on any atom is -0.504 e. The van der Waals surface area contributed by atoms with Gasteiger partial charge in [-0.15, -0.1) is 0 Å². The van der Waals surface area contributed by atoms with Crippen molar-refractivity contribution in [2.75, 3.05) is 20.8 Å². The van der Waals surface area contributed by atoms with Gasteiger partial charge in [0.1, 0.15) is 0 Å². The van der Waals surface area contributed by atoms with Crippen LogP contribution in [0.4, 0.5) is 0 Å². The second-order valence-corrected chi connectivity index (χ2v) is 11.3. The van der Waals surface area contributed by atoms with Crippen molar-refractivity contribution in [3.63, 3.8) is 0 Å². The lowest BCUT2D eigenvalue weighted by atomic mass is 9.64. The van der Waals surface area contributed by atoms with Gasteiger partial charge in [0.25, 0.3) is 0 Å². The largest absolute Gasteiger partial charge is 0.504 e. The van der Waals surface area contributed by atoms with E-state index in [9.17, 15) is 19.8 Å². The standard InChI is InChI=1S/C25H32INO7/c1-32-12-14-10-16-21(24(30)27(23(16)29)15-6-4-3-5-7-15)17-11-19(34-25(14,17)31)13-8-18(26)22(28)20(9-13)33-2/h8-9,14-17,19,21,28,31H,3-7,10-12H2,1-2H3/t14-,16+,17+,19+,21+,25-/m1/s1. The summed E-state index contributed by atoms with van der Waals surface area (Å²) in [4.78, 5) is 28.7. The van der Waals surface area contributed by atoms with Crippen molar-refractivity contribution in [2.45, 2.75) is 62.9 Å². The van der Waals surface area contributed by atoms with Crippen LogP contribution in [0, 0.1) is 27.2 Å². The monoisotopic (exact) mass is 585 g/mol. The van der Waals surface area contributed by atoms with Crippen molar-refractivity contribution in [1.29, 1.82) is 0 Å². The smallest absolute Gasteiger partial charge is 0.233 e. The van der Waals surface area contributed by atoms with Crippen molar-refractivity contribution in [3.8, 4) is 11.5 Å². The molecule has 2 saturated carbocycles. The fourth-order valence-corrected chi connectivity index (χ4v) is 7.37. The van der Waals surface area contributed by atoms with E-state index in [1.807, 2.05) is 28.7 Å². The molecular weight excluding hydrogens is 553 g/mol. The van der Waals surface area contributed by atoms with Gasteiger partial charge in [-0.1, -0.05) is 19.3 Å². The molecule has 6 atom stereocenters. The Hall–Kier alpha value is -1.43. The van der Waals surface area contributed by atoms with Gasteiger partial charge in [-0.3, -0.25) is 14.5 Å². The van der Waals surface area contributed by atoms with Crippen LogP contribution < -0.4 is 4.74 Å². The van der Waals surface area contributed by atoms with E-state index in [4.69, 9.17) is 14.2 Å². The maximum absolute atomic E-state index is 13.7. The number of nitrogens with zero attached hydrogens (tertiary/aromatic N) is 1. The number of likely N-dealkylation sites (tertiary alicyclic amines) is 1. The average molecular weight is 585 g/mol. The summed E-state index contributed by atoms with van der Waals surface area (Å²) in [5, 5.41) is 22.1.